The van der Waals surface area contributed by atoms with Crippen LogP contribution in [0.15, 0.2) is 44.6 Å². The zero-order valence-corrected chi connectivity index (χ0v) is 14.0. The van der Waals surface area contributed by atoms with Crippen molar-refractivity contribution in [3.63, 3.8) is 0 Å². The first kappa shape index (κ1) is 16.0. The third-order valence-corrected chi connectivity index (χ3v) is 5.55. The Morgan fingerprint density at radius 3 is 2.67 bits per heavy atom. The molecule has 21 heavy (non-hydrogen) atoms. The molecular weight excluding hydrogens is 382 g/mol. The second kappa shape index (κ2) is 6.17. The number of anilines is 1. The molecule has 0 unspecified atom stereocenters. The predicted octanol–water partition coefficient (Wildman–Crippen LogP) is 2.33. The summed E-state index contributed by atoms with van der Waals surface area (Å²) in [6.07, 6.45) is 1.21. The van der Waals surface area contributed by atoms with Crippen molar-refractivity contribution in [3.8, 4) is 0 Å². The van der Waals surface area contributed by atoms with Crippen molar-refractivity contribution in [1.29, 1.82) is 0 Å². The average molecular weight is 393 g/mol. The van der Waals surface area contributed by atoms with Crippen LogP contribution in [0.2, 0.25) is 5.02 Å². The van der Waals surface area contributed by atoms with Gasteiger partial charge in [-0.2, -0.15) is 13.5 Å². The fourth-order valence-electron chi connectivity index (χ4n) is 1.65. The predicted molar refractivity (Wildman–Crippen MR) is 84.4 cm³/mol. The van der Waals surface area contributed by atoms with E-state index in [9.17, 15) is 13.2 Å². The van der Waals surface area contributed by atoms with Gasteiger partial charge in [0.15, 0.2) is 0 Å². The molecule has 2 aromatic rings. The Morgan fingerprint density at radius 2 is 2.05 bits per heavy atom. The van der Waals surface area contributed by atoms with Gasteiger partial charge in [0.1, 0.15) is 9.92 Å². The van der Waals surface area contributed by atoms with E-state index in [-0.39, 0.29) is 9.92 Å². The first-order valence-electron chi connectivity index (χ1n) is 5.91. The Labute approximate surface area is 134 Å². The Bertz CT molecular complexity index is 836. The lowest BCUT2D eigenvalue weighted by Gasteiger charge is -2.10. The number of aromatic nitrogens is 2. The van der Waals surface area contributed by atoms with E-state index in [4.69, 9.17) is 11.6 Å². The lowest BCUT2D eigenvalue weighted by atomic mass is 10.4. The van der Waals surface area contributed by atoms with Gasteiger partial charge in [-0.05, 0) is 35.0 Å². The van der Waals surface area contributed by atoms with Crippen LogP contribution in [0.3, 0.4) is 0 Å². The van der Waals surface area contributed by atoms with Gasteiger partial charge in [0, 0.05) is 11.0 Å². The van der Waals surface area contributed by atoms with Crippen LogP contribution in [0.4, 0.5) is 5.69 Å². The van der Waals surface area contributed by atoms with Crippen molar-refractivity contribution >= 4 is 43.2 Å². The van der Waals surface area contributed by atoms with Crippen molar-refractivity contribution in [2.24, 2.45) is 0 Å². The zero-order valence-electron chi connectivity index (χ0n) is 10.9. The highest BCUT2D eigenvalue weighted by Crippen LogP contribution is 2.23. The molecule has 1 heterocycles. The van der Waals surface area contributed by atoms with E-state index in [1.54, 1.807) is 18.2 Å². The summed E-state index contributed by atoms with van der Waals surface area (Å²) < 4.78 is 25.7. The van der Waals surface area contributed by atoms with Crippen molar-refractivity contribution in [3.05, 3.63) is 50.3 Å². The van der Waals surface area contributed by atoms with E-state index < -0.39 is 15.6 Å². The molecular formula is C12H11BrClN3O3S. The van der Waals surface area contributed by atoms with E-state index >= 15 is 0 Å². The Balaban J connectivity index is 2.65. The van der Waals surface area contributed by atoms with Crippen LogP contribution in [0.25, 0.3) is 0 Å². The second-order valence-electron chi connectivity index (χ2n) is 3.99. The molecule has 0 atom stereocenters. The normalized spacial score (nSPS) is 11.4. The third kappa shape index (κ3) is 2.97. The zero-order chi connectivity index (χ0) is 15.6. The third-order valence-electron chi connectivity index (χ3n) is 2.60. The van der Waals surface area contributed by atoms with Gasteiger partial charge in [-0.25, -0.2) is 0 Å². The summed E-state index contributed by atoms with van der Waals surface area (Å²) in [4.78, 5) is 12.1. The highest BCUT2D eigenvalue weighted by molar-refractivity contribution is 9.10. The highest BCUT2D eigenvalue weighted by atomic mass is 79.9. The van der Waals surface area contributed by atoms with Crippen LogP contribution in [-0.2, 0) is 10.0 Å². The maximum atomic E-state index is 12.5. The van der Waals surface area contributed by atoms with E-state index in [0.29, 0.717) is 20.8 Å². The monoisotopic (exact) mass is 391 g/mol. The average Bonchev–Trinajstić information content (AvgIpc) is 2.44. The Morgan fingerprint density at radius 1 is 1.38 bits per heavy atom. The molecule has 112 valence electrons. The lowest BCUT2D eigenvalue weighted by Crippen LogP contribution is -2.31. The fourth-order valence-corrected chi connectivity index (χ4v) is 4.03. The maximum absolute atomic E-state index is 12.5. The number of nitrogens with one attached hydrogen (secondary N) is 1. The van der Waals surface area contributed by atoms with Crippen LogP contribution in [0.5, 0.6) is 0 Å². The molecule has 0 fully saturated rings. The molecule has 1 N–H and O–H groups in total. The van der Waals surface area contributed by atoms with E-state index in [1.807, 2.05) is 6.92 Å². The summed E-state index contributed by atoms with van der Waals surface area (Å²) in [5.74, 6) is 0. The first-order chi connectivity index (χ1) is 9.89. The molecule has 0 aliphatic rings. The molecule has 6 nitrogen and oxygen atoms in total. The molecule has 0 amide bonds. The second-order valence-corrected chi connectivity index (χ2v) is 6.95. The minimum atomic E-state index is -4.12. The van der Waals surface area contributed by atoms with Crippen LogP contribution in [-0.4, -0.2) is 24.1 Å². The summed E-state index contributed by atoms with van der Waals surface area (Å²) in [6.45, 7) is 2.35. The van der Waals surface area contributed by atoms with Crippen molar-refractivity contribution in [2.45, 2.75) is 11.8 Å². The summed E-state index contributed by atoms with van der Waals surface area (Å²) in [7, 11) is -4.12. The van der Waals surface area contributed by atoms with E-state index in [0.717, 1.165) is 0 Å². The minimum absolute atomic E-state index is 0.0631. The van der Waals surface area contributed by atoms with Crippen LogP contribution in [0, 0.1) is 0 Å². The summed E-state index contributed by atoms with van der Waals surface area (Å²) in [6, 6.07) is 6.16. The smallest absolute Gasteiger partial charge is 0.302 e. The number of benzene rings is 1. The number of nitrogens with zero attached hydrogens (tertiary/aromatic N) is 2. The molecule has 9 heteroatoms. The van der Waals surface area contributed by atoms with Gasteiger partial charge >= 0.3 is 5.56 Å². The first-order valence-corrected chi connectivity index (χ1v) is 8.52. The number of hydrogen-bond donors (Lipinski definition) is 1. The Kier molecular flexibility index (Phi) is 4.70. The van der Waals surface area contributed by atoms with Gasteiger partial charge < -0.3 is 5.32 Å². The number of rotatable bonds is 4. The van der Waals surface area contributed by atoms with Gasteiger partial charge in [0.2, 0.25) is 0 Å². The largest absolute Gasteiger partial charge is 0.383 e. The standard InChI is InChI=1S/C12H11BrClN3O3S/c1-2-15-9-7-16-17(12(18)11(9)14)21(19,20)10-6-4-3-5-8(10)13/h3-7,15H,2H2,1H3. The fraction of sp³-hybridized carbons (Fsp3) is 0.167. The number of hydrogen-bond acceptors (Lipinski definition) is 5. The molecule has 0 bridgehead atoms. The molecule has 0 saturated carbocycles. The maximum Gasteiger partial charge on any atom is 0.302 e. The molecule has 2 rings (SSSR count). The minimum Gasteiger partial charge on any atom is -0.383 e. The topological polar surface area (TPSA) is 81.1 Å². The van der Waals surface area contributed by atoms with Gasteiger partial charge in [-0.1, -0.05) is 23.7 Å². The molecule has 0 saturated heterocycles. The van der Waals surface area contributed by atoms with E-state index in [2.05, 4.69) is 26.3 Å². The number of halogens is 2. The van der Waals surface area contributed by atoms with Gasteiger partial charge in [0.05, 0.1) is 11.9 Å². The molecule has 1 aromatic carbocycles. The molecule has 0 spiro atoms. The highest BCUT2D eigenvalue weighted by Gasteiger charge is 2.24. The van der Waals surface area contributed by atoms with Gasteiger partial charge in [0.25, 0.3) is 10.0 Å². The van der Waals surface area contributed by atoms with Gasteiger partial charge in [-0.3, -0.25) is 4.79 Å². The molecule has 0 radical (unpaired) electrons. The van der Waals surface area contributed by atoms with Crippen LogP contribution >= 0.6 is 27.5 Å². The van der Waals surface area contributed by atoms with Crippen molar-refractivity contribution < 1.29 is 8.42 Å². The van der Waals surface area contributed by atoms with Crippen LogP contribution < -0.4 is 10.9 Å². The molecule has 0 aliphatic heterocycles. The summed E-state index contributed by atoms with van der Waals surface area (Å²) >= 11 is 9.04. The molecule has 0 aliphatic carbocycles. The summed E-state index contributed by atoms with van der Waals surface area (Å²) in [5, 5.41) is 6.31. The van der Waals surface area contributed by atoms with Crippen LogP contribution in [0.1, 0.15) is 6.92 Å². The lowest BCUT2D eigenvalue weighted by molar-refractivity contribution is 0.575. The summed E-state index contributed by atoms with van der Waals surface area (Å²) in [5.41, 5.74) is -0.603. The quantitative estimate of drug-likeness (QED) is 0.863. The van der Waals surface area contributed by atoms with E-state index in [1.165, 1.54) is 12.3 Å². The molecule has 1 aromatic heterocycles. The van der Waals surface area contributed by atoms with Gasteiger partial charge in [-0.15, -0.1) is 4.09 Å². The van der Waals surface area contributed by atoms with Crippen molar-refractivity contribution in [2.75, 3.05) is 11.9 Å². The van der Waals surface area contributed by atoms with Crippen molar-refractivity contribution in [1.82, 2.24) is 9.19 Å². The SMILES string of the molecule is CCNc1cnn(S(=O)(=O)c2ccccc2Br)c(=O)c1Cl. The Hall–Kier alpha value is -1.38.